The molecule has 0 fully saturated rings. The van der Waals surface area contributed by atoms with Gasteiger partial charge in [0, 0.05) is 13.1 Å². The molecule has 2 aromatic carbocycles. The highest BCUT2D eigenvalue weighted by Crippen LogP contribution is 2.33. The molecule has 2 N–H and O–H groups in total. The van der Waals surface area contributed by atoms with Crippen LogP contribution in [0.1, 0.15) is 18.9 Å². The predicted octanol–water partition coefficient (Wildman–Crippen LogP) is 4.30. The summed E-state index contributed by atoms with van der Waals surface area (Å²) >= 11 is 1.63. The largest absolute Gasteiger partial charge is 0.395 e. The molecule has 0 bridgehead atoms. The second-order valence-electron chi connectivity index (χ2n) is 5.10. The van der Waals surface area contributed by atoms with Gasteiger partial charge < -0.3 is 10.6 Å². The number of rotatable bonds is 5. The summed E-state index contributed by atoms with van der Waals surface area (Å²) in [5, 5.41) is 0. The summed E-state index contributed by atoms with van der Waals surface area (Å²) in [4.78, 5) is 6.73. The molecular formula is C17H19N3S. The normalized spacial score (nSPS) is 10.9. The number of hydrogen-bond acceptors (Lipinski definition) is 4. The van der Waals surface area contributed by atoms with Gasteiger partial charge >= 0.3 is 0 Å². The van der Waals surface area contributed by atoms with Crippen LogP contribution in [0.3, 0.4) is 0 Å². The molecule has 0 aliphatic rings. The van der Waals surface area contributed by atoms with E-state index in [-0.39, 0.29) is 0 Å². The van der Waals surface area contributed by atoms with Crippen LogP contribution in [0.2, 0.25) is 0 Å². The zero-order valence-corrected chi connectivity index (χ0v) is 12.9. The molecule has 0 amide bonds. The molecule has 0 saturated heterocycles. The predicted molar refractivity (Wildman–Crippen MR) is 91.8 cm³/mol. The number of nitrogens with zero attached hydrogens (tertiary/aromatic N) is 2. The van der Waals surface area contributed by atoms with Gasteiger partial charge in [-0.15, -0.1) is 11.3 Å². The van der Waals surface area contributed by atoms with Crippen LogP contribution in [0.5, 0.6) is 0 Å². The second kappa shape index (κ2) is 6.14. The van der Waals surface area contributed by atoms with Crippen molar-refractivity contribution in [3.63, 3.8) is 0 Å². The fourth-order valence-corrected chi connectivity index (χ4v) is 3.27. The quantitative estimate of drug-likeness (QED) is 0.714. The molecule has 108 valence electrons. The van der Waals surface area contributed by atoms with Crippen molar-refractivity contribution in [1.29, 1.82) is 0 Å². The van der Waals surface area contributed by atoms with E-state index in [1.54, 1.807) is 11.3 Å². The molecule has 0 spiro atoms. The van der Waals surface area contributed by atoms with Crippen molar-refractivity contribution in [2.75, 3.05) is 17.2 Å². The number of hydrogen-bond donors (Lipinski definition) is 1. The molecule has 0 aliphatic heterocycles. The molecule has 3 nitrogen and oxygen atoms in total. The van der Waals surface area contributed by atoms with E-state index in [0.717, 1.165) is 41.1 Å². The van der Waals surface area contributed by atoms with Gasteiger partial charge in [0.25, 0.3) is 0 Å². The Kier molecular flexibility index (Phi) is 4.06. The van der Waals surface area contributed by atoms with Crippen molar-refractivity contribution in [2.24, 2.45) is 0 Å². The second-order valence-corrected chi connectivity index (χ2v) is 5.99. The third kappa shape index (κ3) is 2.85. The number of anilines is 2. The lowest BCUT2D eigenvalue weighted by Gasteiger charge is -2.26. The third-order valence-electron chi connectivity index (χ3n) is 3.57. The fraction of sp³-hybridized carbons (Fsp3) is 0.235. The molecule has 0 unspecified atom stereocenters. The summed E-state index contributed by atoms with van der Waals surface area (Å²) in [7, 11) is 0. The van der Waals surface area contributed by atoms with Crippen molar-refractivity contribution >= 4 is 32.9 Å². The Balaban J connectivity index is 1.96. The molecule has 0 saturated carbocycles. The minimum Gasteiger partial charge on any atom is -0.395 e. The summed E-state index contributed by atoms with van der Waals surface area (Å²) in [5.41, 5.74) is 12.3. The SMILES string of the molecule is CCCN(Cc1ccccc1)c1ccc2scnc2c1N. The Hall–Kier alpha value is -2.07. The maximum Gasteiger partial charge on any atom is 0.106 e. The summed E-state index contributed by atoms with van der Waals surface area (Å²) in [6.45, 7) is 4.04. The Morgan fingerprint density at radius 3 is 2.71 bits per heavy atom. The minimum absolute atomic E-state index is 0.790. The fourth-order valence-electron chi connectivity index (χ4n) is 2.58. The van der Waals surface area contributed by atoms with E-state index in [2.05, 4.69) is 53.2 Å². The Labute approximate surface area is 129 Å². The van der Waals surface area contributed by atoms with E-state index in [1.807, 2.05) is 11.6 Å². The van der Waals surface area contributed by atoms with Gasteiger partial charge in [-0.25, -0.2) is 4.98 Å². The minimum atomic E-state index is 0.790. The van der Waals surface area contributed by atoms with Crippen molar-refractivity contribution < 1.29 is 0 Å². The lowest BCUT2D eigenvalue weighted by molar-refractivity contribution is 0.769. The first-order valence-electron chi connectivity index (χ1n) is 7.20. The van der Waals surface area contributed by atoms with Gasteiger partial charge in [-0.05, 0) is 24.1 Å². The van der Waals surface area contributed by atoms with Crippen LogP contribution < -0.4 is 10.6 Å². The number of nitrogens with two attached hydrogens (primary N) is 1. The summed E-state index contributed by atoms with van der Waals surface area (Å²) < 4.78 is 1.15. The Morgan fingerprint density at radius 1 is 1.14 bits per heavy atom. The van der Waals surface area contributed by atoms with Crippen molar-refractivity contribution in [1.82, 2.24) is 4.98 Å². The molecule has 3 rings (SSSR count). The highest BCUT2D eigenvalue weighted by Gasteiger charge is 2.13. The number of fused-ring (bicyclic) bond motifs is 1. The first-order valence-corrected chi connectivity index (χ1v) is 8.08. The van der Waals surface area contributed by atoms with Crippen molar-refractivity contribution in [3.8, 4) is 0 Å². The van der Waals surface area contributed by atoms with Gasteiger partial charge in [0.05, 0.1) is 21.6 Å². The van der Waals surface area contributed by atoms with E-state index in [0.29, 0.717) is 0 Å². The highest BCUT2D eigenvalue weighted by molar-refractivity contribution is 7.16. The van der Waals surface area contributed by atoms with Gasteiger partial charge in [-0.1, -0.05) is 37.3 Å². The first-order chi connectivity index (χ1) is 10.3. The third-order valence-corrected chi connectivity index (χ3v) is 4.36. The maximum atomic E-state index is 6.35. The molecule has 0 aliphatic carbocycles. The van der Waals surface area contributed by atoms with Crippen LogP contribution in [-0.2, 0) is 6.54 Å². The van der Waals surface area contributed by atoms with Gasteiger partial charge in [0.1, 0.15) is 5.52 Å². The zero-order chi connectivity index (χ0) is 14.7. The van der Waals surface area contributed by atoms with Crippen LogP contribution in [0.4, 0.5) is 11.4 Å². The lowest BCUT2D eigenvalue weighted by Crippen LogP contribution is -2.24. The van der Waals surface area contributed by atoms with Gasteiger partial charge in [-0.2, -0.15) is 0 Å². The molecule has 0 atom stereocenters. The Morgan fingerprint density at radius 2 is 1.95 bits per heavy atom. The monoisotopic (exact) mass is 297 g/mol. The molecular weight excluding hydrogens is 278 g/mol. The van der Waals surface area contributed by atoms with Crippen LogP contribution in [-0.4, -0.2) is 11.5 Å². The number of aromatic nitrogens is 1. The summed E-state index contributed by atoms with van der Waals surface area (Å²) in [6.07, 6.45) is 1.08. The molecule has 21 heavy (non-hydrogen) atoms. The average molecular weight is 297 g/mol. The average Bonchev–Trinajstić information content (AvgIpc) is 2.98. The smallest absolute Gasteiger partial charge is 0.106 e. The lowest BCUT2D eigenvalue weighted by atomic mass is 10.1. The molecule has 3 aromatic rings. The topological polar surface area (TPSA) is 42.2 Å². The van der Waals surface area contributed by atoms with E-state index in [1.165, 1.54) is 5.56 Å². The molecule has 1 heterocycles. The van der Waals surface area contributed by atoms with E-state index >= 15 is 0 Å². The molecule has 1 aromatic heterocycles. The van der Waals surface area contributed by atoms with E-state index in [4.69, 9.17) is 5.73 Å². The van der Waals surface area contributed by atoms with E-state index in [9.17, 15) is 0 Å². The number of thiazole rings is 1. The number of nitrogen functional groups attached to an aromatic ring is 1. The van der Waals surface area contributed by atoms with E-state index < -0.39 is 0 Å². The summed E-state index contributed by atoms with van der Waals surface area (Å²) in [6, 6.07) is 14.7. The van der Waals surface area contributed by atoms with Crippen LogP contribution >= 0.6 is 11.3 Å². The maximum absolute atomic E-state index is 6.35. The highest BCUT2D eigenvalue weighted by atomic mass is 32.1. The zero-order valence-electron chi connectivity index (χ0n) is 12.1. The molecule has 4 heteroatoms. The van der Waals surface area contributed by atoms with Gasteiger partial charge in [0.15, 0.2) is 0 Å². The van der Waals surface area contributed by atoms with Crippen molar-refractivity contribution in [3.05, 3.63) is 53.5 Å². The van der Waals surface area contributed by atoms with Crippen LogP contribution in [0, 0.1) is 0 Å². The van der Waals surface area contributed by atoms with Crippen LogP contribution in [0.15, 0.2) is 48.0 Å². The standard InChI is InChI=1S/C17H19N3S/c1-2-10-20(11-13-6-4-3-5-7-13)14-8-9-15-17(16(14)18)19-12-21-15/h3-9,12H,2,10-11,18H2,1H3. The Bertz CT molecular complexity index is 721. The van der Waals surface area contributed by atoms with Gasteiger partial charge in [0.2, 0.25) is 0 Å². The first kappa shape index (κ1) is 13.9. The van der Waals surface area contributed by atoms with Crippen LogP contribution in [0.25, 0.3) is 10.2 Å². The molecule has 0 radical (unpaired) electrons. The van der Waals surface area contributed by atoms with Crippen molar-refractivity contribution in [2.45, 2.75) is 19.9 Å². The van der Waals surface area contributed by atoms with Gasteiger partial charge in [-0.3, -0.25) is 0 Å². The number of benzene rings is 2. The summed E-state index contributed by atoms with van der Waals surface area (Å²) in [5.74, 6) is 0.